The number of hydrogen-bond acceptors (Lipinski definition) is 3. The Kier molecular flexibility index (Phi) is 5.93. The number of nitrogens with zero attached hydrogens (tertiary/aromatic N) is 1. The van der Waals surface area contributed by atoms with Gasteiger partial charge in [0.2, 0.25) is 0 Å². The van der Waals surface area contributed by atoms with E-state index < -0.39 is 0 Å². The van der Waals surface area contributed by atoms with Gasteiger partial charge in [-0.15, -0.1) is 0 Å². The number of allylic oxidation sites excluding steroid dienone is 1. The van der Waals surface area contributed by atoms with Crippen molar-refractivity contribution in [3.63, 3.8) is 0 Å². The van der Waals surface area contributed by atoms with E-state index in [9.17, 15) is 9.59 Å². The summed E-state index contributed by atoms with van der Waals surface area (Å²) < 4.78 is 5.04. The third-order valence-electron chi connectivity index (χ3n) is 4.15. The Morgan fingerprint density at radius 1 is 1.30 bits per heavy atom. The summed E-state index contributed by atoms with van der Waals surface area (Å²) in [6, 6.07) is 9.67. The molecule has 0 fully saturated rings. The number of benzene rings is 1. The second kappa shape index (κ2) is 7.92. The van der Waals surface area contributed by atoms with E-state index in [1.807, 2.05) is 25.1 Å². The Balaban J connectivity index is 2.17. The van der Waals surface area contributed by atoms with Gasteiger partial charge in [-0.05, 0) is 32.3 Å². The van der Waals surface area contributed by atoms with Crippen molar-refractivity contribution in [2.45, 2.75) is 32.7 Å². The molecule has 0 spiro atoms. The molecule has 0 bridgehead atoms. The Bertz CT molecular complexity index is 596. The summed E-state index contributed by atoms with van der Waals surface area (Å²) in [4.78, 5) is 26.0. The minimum Gasteiger partial charge on any atom is -0.383 e. The zero-order valence-corrected chi connectivity index (χ0v) is 14.0. The molecule has 1 aromatic rings. The Morgan fingerprint density at radius 2 is 2.00 bits per heavy atom. The average molecular weight is 316 g/mol. The molecule has 1 atom stereocenters. The van der Waals surface area contributed by atoms with Gasteiger partial charge in [0.05, 0.1) is 19.2 Å². The molecule has 0 aliphatic carbocycles. The highest BCUT2D eigenvalue weighted by Gasteiger charge is 2.32. The molecule has 1 heterocycles. The van der Waals surface area contributed by atoms with Crippen LogP contribution in [-0.2, 0) is 16.0 Å². The molecule has 2 amide bonds. The normalized spacial score (nSPS) is 18.1. The van der Waals surface area contributed by atoms with Gasteiger partial charge in [-0.3, -0.25) is 9.69 Å². The van der Waals surface area contributed by atoms with Gasteiger partial charge in [0, 0.05) is 18.4 Å². The summed E-state index contributed by atoms with van der Waals surface area (Å²) in [5, 5.41) is 2.96. The van der Waals surface area contributed by atoms with Crippen LogP contribution in [0.5, 0.6) is 0 Å². The van der Waals surface area contributed by atoms with Gasteiger partial charge in [-0.2, -0.15) is 0 Å². The second-order valence-corrected chi connectivity index (χ2v) is 5.73. The highest BCUT2D eigenvalue weighted by atomic mass is 16.5. The molecule has 0 saturated heterocycles. The van der Waals surface area contributed by atoms with Crippen LogP contribution in [0.25, 0.3) is 0 Å². The van der Waals surface area contributed by atoms with Crippen LogP contribution in [0.4, 0.5) is 4.79 Å². The number of ketones is 1. The zero-order valence-electron chi connectivity index (χ0n) is 14.0. The number of urea groups is 1. The lowest BCUT2D eigenvalue weighted by atomic mass is 9.93. The summed E-state index contributed by atoms with van der Waals surface area (Å²) >= 11 is 0. The molecule has 23 heavy (non-hydrogen) atoms. The van der Waals surface area contributed by atoms with Gasteiger partial charge in [0.25, 0.3) is 0 Å². The number of methoxy groups -OCH3 is 1. The maximum absolute atomic E-state index is 12.3. The zero-order chi connectivity index (χ0) is 16.8. The molecule has 0 unspecified atom stereocenters. The molecular formula is C18H24N2O3. The minimum absolute atomic E-state index is 0.00276. The number of rotatable bonds is 7. The Hall–Kier alpha value is -2.14. The lowest BCUT2D eigenvalue weighted by molar-refractivity contribution is -0.114. The number of carbonyl (C=O) groups is 2. The Labute approximate surface area is 137 Å². The first kappa shape index (κ1) is 17.2. The number of hydrogen-bond donors (Lipinski definition) is 1. The third-order valence-corrected chi connectivity index (χ3v) is 4.15. The molecule has 0 aromatic heterocycles. The van der Waals surface area contributed by atoms with E-state index in [0.717, 1.165) is 12.1 Å². The fourth-order valence-corrected chi connectivity index (χ4v) is 2.97. The first-order chi connectivity index (χ1) is 11.0. The van der Waals surface area contributed by atoms with Gasteiger partial charge in [-0.25, -0.2) is 4.79 Å². The van der Waals surface area contributed by atoms with E-state index in [1.54, 1.807) is 18.9 Å². The van der Waals surface area contributed by atoms with E-state index in [4.69, 9.17) is 4.74 Å². The number of amides is 2. The largest absolute Gasteiger partial charge is 0.383 e. The van der Waals surface area contributed by atoms with Crippen molar-refractivity contribution in [3.8, 4) is 0 Å². The quantitative estimate of drug-likeness (QED) is 0.841. The van der Waals surface area contributed by atoms with E-state index in [1.165, 1.54) is 5.56 Å². The number of nitrogens with one attached hydrogen (secondary N) is 1. The van der Waals surface area contributed by atoms with Crippen LogP contribution in [0, 0.1) is 0 Å². The van der Waals surface area contributed by atoms with Crippen LogP contribution in [0.1, 0.15) is 25.8 Å². The lowest BCUT2D eigenvalue weighted by Crippen LogP contribution is -2.52. The molecule has 1 aliphatic heterocycles. The molecule has 5 heteroatoms. The van der Waals surface area contributed by atoms with Crippen LogP contribution in [0.3, 0.4) is 0 Å². The van der Waals surface area contributed by atoms with E-state index >= 15 is 0 Å². The average Bonchev–Trinajstić information content (AvgIpc) is 2.53. The molecular weight excluding hydrogens is 292 g/mol. The third kappa shape index (κ3) is 4.20. The van der Waals surface area contributed by atoms with Gasteiger partial charge < -0.3 is 10.1 Å². The van der Waals surface area contributed by atoms with Crippen LogP contribution < -0.4 is 5.32 Å². The van der Waals surface area contributed by atoms with Gasteiger partial charge in [0.15, 0.2) is 5.78 Å². The molecule has 0 saturated carbocycles. The SMILES string of the molecule is COCCN1C(=O)N[C@@H](CCc2ccccc2)C(C(C)=O)=C1C. The van der Waals surface area contributed by atoms with Gasteiger partial charge in [0.1, 0.15) is 0 Å². The fourth-order valence-electron chi connectivity index (χ4n) is 2.97. The number of carbonyl (C=O) groups excluding carboxylic acids is 2. The lowest BCUT2D eigenvalue weighted by Gasteiger charge is -2.35. The van der Waals surface area contributed by atoms with Gasteiger partial charge in [-0.1, -0.05) is 30.3 Å². The molecule has 0 radical (unpaired) electrons. The predicted molar refractivity (Wildman–Crippen MR) is 89.0 cm³/mol. The van der Waals surface area contributed by atoms with E-state index in [0.29, 0.717) is 25.1 Å². The summed E-state index contributed by atoms with van der Waals surface area (Å²) in [5.41, 5.74) is 2.62. The first-order valence-corrected chi connectivity index (χ1v) is 7.87. The highest BCUT2D eigenvalue weighted by Crippen LogP contribution is 2.23. The maximum atomic E-state index is 12.3. The molecule has 124 valence electrons. The minimum atomic E-state index is -0.237. The van der Waals surface area contributed by atoms with Crippen LogP contribution in [0.15, 0.2) is 41.6 Å². The smallest absolute Gasteiger partial charge is 0.322 e. The van der Waals surface area contributed by atoms with Crippen molar-refractivity contribution in [2.75, 3.05) is 20.3 Å². The van der Waals surface area contributed by atoms with Crippen LogP contribution in [-0.4, -0.2) is 43.0 Å². The summed E-state index contributed by atoms with van der Waals surface area (Å²) in [5.74, 6) is 0.00276. The monoisotopic (exact) mass is 316 g/mol. The number of aryl methyl sites for hydroxylation is 1. The van der Waals surface area contributed by atoms with Crippen LogP contribution in [0.2, 0.25) is 0 Å². The van der Waals surface area contributed by atoms with Crippen molar-refractivity contribution in [1.29, 1.82) is 0 Å². The number of Topliss-reactive ketones (excluding diaryl/α,β-unsaturated/α-hetero) is 1. The highest BCUT2D eigenvalue weighted by molar-refractivity contribution is 5.98. The van der Waals surface area contributed by atoms with Crippen molar-refractivity contribution in [3.05, 3.63) is 47.2 Å². The molecule has 5 nitrogen and oxygen atoms in total. The second-order valence-electron chi connectivity index (χ2n) is 5.73. The van der Waals surface area contributed by atoms with Crippen molar-refractivity contribution >= 4 is 11.8 Å². The predicted octanol–water partition coefficient (Wildman–Crippen LogP) is 2.52. The van der Waals surface area contributed by atoms with Crippen LogP contribution >= 0.6 is 0 Å². The standard InChI is InChI=1S/C18H24N2O3/c1-13-17(14(2)21)16(10-9-15-7-5-4-6-8-15)19-18(22)20(13)11-12-23-3/h4-8,16H,9-12H2,1-3H3,(H,19,22)/t16-/m0/s1. The first-order valence-electron chi connectivity index (χ1n) is 7.87. The summed E-state index contributed by atoms with van der Waals surface area (Å²) in [6.07, 6.45) is 1.52. The molecule has 2 rings (SSSR count). The van der Waals surface area contributed by atoms with Crippen molar-refractivity contribution < 1.29 is 14.3 Å². The van der Waals surface area contributed by atoms with Crippen molar-refractivity contribution in [2.24, 2.45) is 0 Å². The summed E-state index contributed by atoms with van der Waals surface area (Å²) in [7, 11) is 1.59. The molecule has 1 N–H and O–H groups in total. The summed E-state index contributed by atoms with van der Waals surface area (Å²) in [6.45, 7) is 4.27. The van der Waals surface area contributed by atoms with E-state index in [-0.39, 0.29) is 17.9 Å². The Morgan fingerprint density at radius 3 is 2.61 bits per heavy atom. The molecule has 1 aliphatic rings. The fraction of sp³-hybridized carbons (Fsp3) is 0.444. The van der Waals surface area contributed by atoms with Crippen molar-refractivity contribution in [1.82, 2.24) is 10.2 Å². The maximum Gasteiger partial charge on any atom is 0.322 e. The van der Waals surface area contributed by atoms with E-state index in [2.05, 4.69) is 17.4 Å². The molecule has 1 aromatic carbocycles. The number of ether oxygens (including phenoxy) is 1. The topological polar surface area (TPSA) is 58.6 Å². The van der Waals surface area contributed by atoms with Gasteiger partial charge >= 0.3 is 6.03 Å².